The lowest BCUT2D eigenvalue weighted by molar-refractivity contribution is -0.479. The molecule has 0 saturated carbocycles. The van der Waals surface area contributed by atoms with Gasteiger partial charge < -0.3 is 4.74 Å². The smallest absolute Gasteiger partial charge is 0.207 e. The zero-order valence-electron chi connectivity index (χ0n) is 8.32. The maximum Gasteiger partial charge on any atom is 0.207 e. The van der Waals surface area contributed by atoms with E-state index >= 15 is 0 Å². The monoisotopic (exact) mass is 195 g/mol. The highest BCUT2D eigenvalue weighted by Crippen LogP contribution is 2.19. The van der Waals surface area contributed by atoms with Crippen molar-refractivity contribution in [2.75, 3.05) is 13.7 Å². The van der Waals surface area contributed by atoms with Gasteiger partial charge in [0.05, 0.1) is 7.11 Å². The lowest BCUT2D eigenvalue weighted by atomic mass is 10.1. The fourth-order valence-electron chi connectivity index (χ4n) is 1.24. The summed E-state index contributed by atoms with van der Waals surface area (Å²) in [6.07, 6.45) is 0.448. The Morgan fingerprint density at radius 2 is 2.21 bits per heavy atom. The Morgan fingerprint density at radius 3 is 2.79 bits per heavy atom. The Kier molecular flexibility index (Phi) is 3.45. The van der Waals surface area contributed by atoms with E-state index in [0.717, 1.165) is 16.9 Å². The van der Waals surface area contributed by atoms with Crippen molar-refractivity contribution in [1.82, 2.24) is 0 Å². The summed E-state index contributed by atoms with van der Waals surface area (Å²) >= 11 is 0. The number of rotatable bonds is 4. The van der Waals surface area contributed by atoms with E-state index in [-0.39, 0.29) is 11.5 Å². The molecular weight excluding hydrogens is 182 g/mol. The van der Waals surface area contributed by atoms with Gasteiger partial charge in [-0.25, -0.2) is 0 Å². The van der Waals surface area contributed by atoms with E-state index in [1.165, 1.54) is 0 Å². The number of nitrogens with zero attached hydrogens (tertiary/aromatic N) is 1. The van der Waals surface area contributed by atoms with Crippen molar-refractivity contribution < 1.29 is 9.66 Å². The quantitative estimate of drug-likeness (QED) is 0.544. The van der Waals surface area contributed by atoms with E-state index in [1.807, 2.05) is 25.1 Å². The van der Waals surface area contributed by atoms with Crippen molar-refractivity contribution in [2.24, 2.45) is 0 Å². The molecule has 0 atom stereocenters. The predicted octanol–water partition coefficient (Wildman–Crippen LogP) is 1.82. The van der Waals surface area contributed by atoms with Gasteiger partial charge in [0.15, 0.2) is 0 Å². The summed E-state index contributed by atoms with van der Waals surface area (Å²) in [6.45, 7) is 1.91. The Hall–Kier alpha value is -1.58. The van der Waals surface area contributed by atoms with Crippen molar-refractivity contribution >= 4 is 0 Å². The molecule has 0 aliphatic carbocycles. The zero-order valence-corrected chi connectivity index (χ0v) is 8.32. The molecule has 0 N–H and O–H groups in total. The molecule has 1 aromatic rings. The fourth-order valence-corrected chi connectivity index (χ4v) is 1.24. The van der Waals surface area contributed by atoms with E-state index in [4.69, 9.17) is 4.74 Å². The average molecular weight is 195 g/mol. The van der Waals surface area contributed by atoms with Gasteiger partial charge in [0.1, 0.15) is 5.75 Å². The van der Waals surface area contributed by atoms with Crippen LogP contribution in [0, 0.1) is 17.0 Å². The standard InChI is InChI=1S/C10H13NO3/c1-8-3-4-9(5-6-11(12)13)7-10(8)14-2/h3-4,7H,5-6H2,1-2H3. The summed E-state index contributed by atoms with van der Waals surface area (Å²) in [5, 5.41) is 10.2. The third kappa shape index (κ3) is 2.73. The molecule has 14 heavy (non-hydrogen) atoms. The second-order valence-corrected chi connectivity index (χ2v) is 3.11. The molecule has 76 valence electrons. The molecule has 0 spiro atoms. The number of hydrogen-bond donors (Lipinski definition) is 0. The lowest BCUT2D eigenvalue weighted by Crippen LogP contribution is -2.04. The molecule has 0 aliphatic heterocycles. The van der Waals surface area contributed by atoms with Gasteiger partial charge in [0.25, 0.3) is 0 Å². The first-order chi connectivity index (χ1) is 6.63. The SMILES string of the molecule is COc1cc(CC[N+](=O)[O-])ccc1C. The molecule has 0 aliphatic rings. The summed E-state index contributed by atoms with van der Waals surface area (Å²) in [5.41, 5.74) is 1.97. The molecule has 1 aromatic carbocycles. The van der Waals surface area contributed by atoms with Gasteiger partial charge in [0, 0.05) is 11.3 Å². The zero-order chi connectivity index (χ0) is 10.6. The Bertz CT molecular complexity index is 336. The molecule has 0 fully saturated rings. The topological polar surface area (TPSA) is 52.4 Å². The van der Waals surface area contributed by atoms with Gasteiger partial charge in [-0.1, -0.05) is 12.1 Å². The van der Waals surface area contributed by atoms with Crippen molar-refractivity contribution in [3.05, 3.63) is 39.4 Å². The van der Waals surface area contributed by atoms with Crippen LogP contribution in [-0.4, -0.2) is 18.6 Å². The highest BCUT2D eigenvalue weighted by Gasteiger charge is 2.03. The molecule has 1 rings (SSSR count). The summed E-state index contributed by atoms with van der Waals surface area (Å²) in [6, 6.07) is 5.65. The van der Waals surface area contributed by atoms with Crippen molar-refractivity contribution in [1.29, 1.82) is 0 Å². The van der Waals surface area contributed by atoms with Gasteiger partial charge in [-0.3, -0.25) is 10.1 Å². The molecule has 0 heterocycles. The number of benzene rings is 1. The summed E-state index contributed by atoms with van der Waals surface area (Å²) in [5.74, 6) is 0.783. The van der Waals surface area contributed by atoms with Gasteiger partial charge in [0.2, 0.25) is 6.54 Å². The molecule has 4 heteroatoms. The molecule has 0 radical (unpaired) electrons. The second-order valence-electron chi connectivity index (χ2n) is 3.11. The Labute approximate surface area is 82.7 Å². The van der Waals surface area contributed by atoms with Crippen LogP contribution in [-0.2, 0) is 6.42 Å². The summed E-state index contributed by atoms with van der Waals surface area (Å²) in [7, 11) is 1.60. The fraction of sp³-hybridized carbons (Fsp3) is 0.400. The molecule has 0 saturated heterocycles. The van der Waals surface area contributed by atoms with Crippen LogP contribution in [0.25, 0.3) is 0 Å². The first-order valence-corrected chi connectivity index (χ1v) is 4.39. The van der Waals surface area contributed by atoms with Gasteiger partial charge in [-0.15, -0.1) is 0 Å². The van der Waals surface area contributed by atoms with Crippen LogP contribution in [0.1, 0.15) is 11.1 Å². The average Bonchev–Trinajstić information content (AvgIpc) is 2.16. The van der Waals surface area contributed by atoms with Gasteiger partial charge in [-0.05, 0) is 24.1 Å². The largest absolute Gasteiger partial charge is 0.496 e. The normalized spacial score (nSPS) is 9.86. The van der Waals surface area contributed by atoms with Crippen LogP contribution < -0.4 is 4.74 Å². The van der Waals surface area contributed by atoms with Crippen molar-refractivity contribution in [3.8, 4) is 5.75 Å². The van der Waals surface area contributed by atoms with Crippen molar-refractivity contribution in [2.45, 2.75) is 13.3 Å². The third-order valence-electron chi connectivity index (χ3n) is 2.06. The molecule has 0 amide bonds. The van der Waals surface area contributed by atoms with Gasteiger partial charge in [-0.2, -0.15) is 0 Å². The molecule has 0 unspecified atom stereocenters. The Morgan fingerprint density at radius 1 is 1.50 bits per heavy atom. The minimum atomic E-state index is -0.313. The number of methoxy groups -OCH3 is 1. The van der Waals surface area contributed by atoms with Crippen LogP contribution in [0.4, 0.5) is 0 Å². The van der Waals surface area contributed by atoms with E-state index in [9.17, 15) is 10.1 Å². The molecule has 0 aromatic heterocycles. The van der Waals surface area contributed by atoms with Crippen LogP contribution in [0.5, 0.6) is 5.75 Å². The van der Waals surface area contributed by atoms with Crippen LogP contribution >= 0.6 is 0 Å². The van der Waals surface area contributed by atoms with E-state index in [0.29, 0.717) is 6.42 Å². The molecule has 0 bridgehead atoms. The number of ether oxygens (including phenoxy) is 1. The van der Waals surface area contributed by atoms with Crippen LogP contribution in [0.3, 0.4) is 0 Å². The minimum Gasteiger partial charge on any atom is -0.496 e. The minimum absolute atomic E-state index is 0.0355. The number of aryl methyl sites for hydroxylation is 1. The maximum absolute atomic E-state index is 10.2. The first-order valence-electron chi connectivity index (χ1n) is 4.39. The van der Waals surface area contributed by atoms with Crippen molar-refractivity contribution in [3.63, 3.8) is 0 Å². The highest BCUT2D eigenvalue weighted by atomic mass is 16.6. The highest BCUT2D eigenvalue weighted by molar-refractivity contribution is 5.36. The first kappa shape index (κ1) is 10.5. The van der Waals surface area contributed by atoms with E-state index < -0.39 is 0 Å². The van der Waals surface area contributed by atoms with E-state index in [2.05, 4.69) is 0 Å². The summed E-state index contributed by atoms with van der Waals surface area (Å²) < 4.78 is 5.12. The predicted molar refractivity (Wildman–Crippen MR) is 53.3 cm³/mol. The summed E-state index contributed by atoms with van der Waals surface area (Å²) in [4.78, 5) is 9.86. The van der Waals surface area contributed by atoms with Crippen LogP contribution in [0.2, 0.25) is 0 Å². The Balaban J connectivity index is 2.74. The maximum atomic E-state index is 10.2. The van der Waals surface area contributed by atoms with Crippen LogP contribution in [0.15, 0.2) is 18.2 Å². The lowest BCUT2D eigenvalue weighted by Gasteiger charge is -2.05. The van der Waals surface area contributed by atoms with Gasteiger partial charge >= 0.3 is 0 Å². The molecular formula is C10H13NO3. The van der Waals surface area contributed by atoms with E-state index in [1.54, 1.807) is 7.11 Å². The number of nitro groups is 1. The second kappa shape index (κ2) is 4.60. The third-order valence-corrected chi connectivity index (χ3v) is 2.06. The molecule has 4 nitrogen and oxygen atoms in total. The number of hydrogen-bond acceptors (Lipinski definition) is 3.